The van der Waals surface area contributed by atoms with Crippen LogP contribution in [0.3, 0.4) is 0 Å². The SMILES string of the molecule is CCCOc1nc(NN)nc(NCCc2ccsc2)n1. The summed E-state index contributed by atoms with van der Waals surface area (Å²) < 4.78 is 5.39. The number of nitrogens with two attached hydrogens (primary N) is 1. The molecule has 0 aliphatic heterocycles. The molecule has 0 radical (unpaired) electrons. The van der Waals surface area contributed by atoms with Gasteiger partial charge in [0, 0.05) is 6.54 Å². The minimum absolute atomic E-state index is 0.271. The molecule has 0 fully saturated rings. The lowest BCUT2D eigenvalue weighted by Crippen LogP contribution is -2.15. The second kappa shape index (κ2) is 7.61. The Bertz CT molecular complexity index is 519. The van der Waals surface area contributed by atoms with Crippen molar-refractivity contribution in [1.82, 2.24) is 15.0 Å². The first kappa shape index (κ1) is 14.5. The van der Waals surface area contributed by atoms with Gasteiger partial charge >= 0.3 is 6.01 Å². The lowest BCUT2D eigenvalue weighted by Gasteiger charge is -2.08. The van der Waals surface area contributed by atoms with Gasteiger partial charge in [-0.05, 0) is 35.2 Å². The van der Waals surface area contributed by atoms with E-state index in [1.54, 1.807) is 11.3 Å². The molecular weight excluding hydrogens is 276 g/mol. The molecule has 0 spiro atoms. The zero-order valence-electron chi connectivity index (χ0n) is 11.3. The highest BCUT2D eigenvalue weighted by Gasteiger charge is 2.06. The van der Waals surface area contributed by atoms with Crippen LogP contribution in [-0.2, 0) is 6.42 Å². The Kier molecular flexibility index (Phi) is 5.51. The van der Waals surface area contributed by atoms with Crippen molar-refractivity contribution in [2.45, 2.75) is 19.8 Å². The van der Waals surface area contributed by atoms with Crippen LogP contribution in [0.15, 0.2) is 16.8 Å². The number of thiophene rings is 1. The summed E-state index contributed by atoms with van der Waals surface area (Å²) in [7, 11) is 0. The molecule has 8 heteroatoms. The van der Waals surface area contributed by atoms with Crippen LogP contribution >= 0.6 is 11.3 Å². The second-order valence-electron chi connectivity index (χ2n) is 4.07. The molecule has 0 bridgehead atoms. The summed E-state index contributed by atoms with van der Waals surface area (Å²) in [6.07, 6.45) is 1.80. The third-order valence-corrected chi connectivity index (χ3v) is 3.19. The van der Waals surface area contributed by atoms with Crippen molar-refractivity contribution in [3.8, 4) is 6.01 Å². The van der Waals surface area contributed by atoms with Crippen LogP contribution in [0.5, 0.6) is 6.01 Å². The van der Waals surface area contributed by atoms with E-state index in [1.165, 1.54) is 5.56 Å². The van der Waals surface area contributed by atoms with Gasteiger partial charge in [-0.15, -0.1) is 0 Å². The summed E-state index contributed by atoms with van der Waals surface area (Å²) in [6.45, 7) is 3.31. The highest BCUT2D eigenvalue weighted by molar-refractivity contribution is 7.07. The predicted molar refractivity (Wildman–Crippen MR) is 79.9 cm³/mol. The van der Waals surface area contributed by atoms with E-state index in [9.17, 15) is 0 Å². The van der Waals surface area contributed by atoms with Crippen LogP contribution < -0.4 is 21.3 Å². The fourth-order valence-electron chi connectivity index (χ4n) is 1.51. The van der Waals surface area contributed by atoms with Gasteiger partial charge in [0.2, 0.25) is 11.9 Å². The molecule has 20 heavy (non-hydrogen) atoms. The van der Waals surface area contributed by atoms with Crippen LogP contribution in [0.25, 0.3) is 0 Å². The monoisotopic (exact) mass is 294 g/mol. The fourth-order valence-corrected chi connectivity index (χ4v) is 2.21. The second-order valence-corrected chi connectivity index (χ2v) is 4.85. The van der Waals surface area contributed by atoms with Gasteiger partial charge in [0.15, 0.2) is 0 Å². The number of hydrogen-bond donors (Lipinski definition) is 3. The maximum absolute atomic E-state index is 5.39. The summed E-state index contributed by atoms with van der Waals surface area (Å²) in [5.74, 6) is 6.07. The van der Waals surface area contributed by atoms with Gasteiger partial charge in [-0.25, -0.2) is 5.84 Å². The molecule has 0 amide bonds. The molecule has 7 nitrogen and oxygen atoms in total. The highest BCUT2D eigenvalue weighted by atomic mass is 32.1. The maximum Gasteiger partial charge on any atom is 0.323 e. The largest absolute Gasteiger partial charge is 0.463 e. The van der Waals surface area contributed by atoms with E-state index in [-0.39, 0.29) is 12.0 Å². The van der Waals surface area contributed by atoms with Gasteiger partial charge in [-0.2, -0.15) is 26.3 Å². The molecule has 0 unspecified atom stereocenters. The quantitative estimate of drug-likeness (QED) is 0.503. The normalized spacial score (nSPS) is 10.3. The smallest absolute Gasteiger partial charge is 0.323 e. The first-order valence-corrected chi connectivity index (χ1v) is 7.36. The van der Waals surface area contributed by atoms with Crippen molar-refractivity contribution in [2.75, 3.05) is 23.9 Å². The highest BCUT2D eigenvalue weighted by Crippen LogP contribution is 2.11. The average molecular weight is 294 g/mol. The Morgan fingerprint density at radius 2 is 2.15 bits per heavy atom. The molecule has 0 aliphatic carbocycles. The standard InChI is InChI=1S/C12H18N6OS/c1-2-6-19-12-16-10(15-11(17-12)18-13)14-5-3-9-4-7-20-8-9/h4,7-8H,2-3,5-6,13H2,1H3,(H2,14,15,16,17,18). The molecule has 2 aromatic rings. The summed E-state index contributed by atoms with van der Waals surface area (Å²) in [5, 5.41) is 7.33. The minimum atomic E-state index is 0.271. The van der Waals surface area contributed by atoms with E-state index in [1.807, 2.05) is 6.92 Å². The van der Waals surface area contributed by atoms with Crippen molar-refractivity contribution in [2.24, 2.45) is 5.84 Å². The van der Waals surface area contributed by atoms with Crippen molar-refractivity contribution in [3.05, 3.63) is 22.4 Å². The van der Waals surface area contributed by atoms with Gasteiger partial charge in [0.05, 0.1) is 6.61 Å². The Hall–Kier alpha value is -1.93. The molecule has 2 aromatic heterocycles. The molecule has 2 rings (SSSR count). The lowest BCUT2D eigenvalue weighted by atomic mass is 10.2. The Morgan fingerprint density at radius 3 is 2.85 bits per heavy atom. The number of ether oxygens (including phenoxy) is 1. The van der Waals surface area contributed by atoms with E-state index in [0.29, 0.717) is 12.6 Å². The van der Waals surface area contributed by atoms with Crippen molar-refractivity contribution >= 4 is 23.2 Å². The van der Waals surface area contributed by atoms with Crippen LogP contribution in [-0.4, -0.2) is 28.1 Å². The first-order valence-electron chi connectivity index (χ1n) is 6.42. The average Bonchev–Trinajstić information content (AvgIpc) is 2.98. The third-order valence-electron chi connectivity index (χ3n) is 2.46. The summed E-state index contributed by atoms with van der Waals surface area (Å²) in [6, 6.07) is 2.37. The Balaban J connectivity index is 1.94. The summed E-state index contributed by atoms with van der Waals surface area (Å²) in [5.41, 5.74) is 3.70. The minimum Gasteiger partial charge on any atom is -0.463 e. The molecule has 0 aliphatic rings. The first-order chi connectivity index (χ1) is 9.81. The van der Waals surface area contributed by atoms with E-state index in [4.69, 9.17) is 10.6 Å². The molecule has 0 saturated heterocycles. The lowest BCUT2D eigenvalue weighted by molar-refractivity contribution is 0.292. The van der Waals surface area contributed by atoms with Crippen LogP contribution in [0, 0.1) is 0 Å². The third kappa shape index (κ3) is 4.32. The Labute approximate surface area is 121 Å². The fraction of sp³-hybridized carbons (Fsp3) is 0.417. The van der Waals surface area contributed by atoms with E-state index < -0.39 is 0 Å². The number of rotatable bonds is 8. The topological polar surface area (TPSA) is 98.0 Å². The van der Waals surface area contributed by atoms with Crippen molar-refractivity contribution in [1.29, 1.82) is 0 Å². The van der Waals surface area contributed by atoms with Gasteiger partial charge in [-0.1, -0.05) is 6.92 Å². The summed E-state index contributed by atoms with van der Waals surface area (Å²) >= 11 is 1.69. The number of nitrogens with one attached hydrogen (secondary N) is 2. The van der Waals surface area contributed by atoms with E-state index in [0.717, 1.165) is 19.4 Å². The number of hydrazine groups is 1. The molecule has 0 atom stereocenters. The zero-order chi connectivity index (χ0) is 14.2. The molecule has 0 saturated carbocycles. The summed E-state index contributed by atoms with van der Waals surface area (Å²) in [4.78, 5) is 12.3. The van der Waals surface area contributed by atoms with Gasteiger partial charge in [0.1, 0.15) is 0 Å². The van der Waals surface area contributed by atoms with Crippen LogP contribution in [0.2, 0.25) is 0 Å². The van der Waals surface area contributed by atoms with E-state index in [2.05, 4.69) is 42.5 Å². The van der Waals surface area contributed by atoms with Gasteiger partial charge in [-0.3, -0.25) is 5.43 Å². The number of hydrogen-bond acceptors (Lipinski definition) is 8. The Morgan fingerprint density at radius 1 is 1.30 bits per heavy atom. The number of anilines is 2. The van der Waals surface area contributed by atoms with Crippen LogP contribution in [0.4, 0.5) is 11.9 Å². The number of nitrogens with zero attached hydrogens (tertiary/aromatic N) is 3. The maximum atomic E-state index is 5.39. The van der Waals surface area contributed by atoms with Crippen molar-refractivity contribution in [3.63, 3.8) is 0 Å². The number of aromatic nitrogens is 3. The predicted octanol–water partition coefficient (Wildman–Crippen LogP) is 1.66. The molecule has 108 valence electrons. The molecule has 2 heterocycles. The zero-order valence-corrected chi connectivity index (χ0v) is 12.1. The van der Waals surface area contributed by atoms with Gasteiger partial charge < -0.3 is 10.1 Å². The molecule has 4 N–H and O–H groups in total. The molecular formula is C12H18N6OS. The van der Waals surface area contributed by atoms with Crippen LogP contribution in [0.1, 0.15) is 18.9 Å². The van der Waals surface area contributed by atoms with E-state index >= 15 is 0 Å². The van der Waals surface area contributed by atoms with Gasteiger partial charge in [0.25, 0.3) is 0 Å². The van der Waals surface area contributed by atoms with Crippen molar-refractivity contribution < 1.29 is 4.74 Å². The number of nitrogen functional groups attached to an aromatic ring is 1. The molecule has 0 aromatic carbocycles.